The molecule has 1 fully saturated rings. The van der Waals surface area contributed by atoms with Crippen LogP contribution >= 0.6 is 0 Å². The third-order valence-corrected chi connectivity index (χ3v) is 5.55. The summed E-state index contributed by atoms with van der Waals surface area (Å²) in [4.78, 5) is 29.8. The van der Waals surface area contributed by atoms with Crippen molar-refractivity contribution in [2.75, 3.05) is 13.2 Å². The summed E-state index contributed by atoms with van der Waals surface area (Å²) in [5.41, 5.74) is 2.73. The first-order valence-corrected chi connectivity index (χ1v) is 9.80. The minimum Gasteiger partial charge on any atom is -0.377 e. The lowest BCUT2D eigenvalue weighted by Crippen LogP contribution is -2.32. The van der Waals surface area contributed by atoms with Gasteiger partial charge in [-0.2, -0.15) is 5.10 Å². The summed E-state index contributed by atoms with van der Waals surface area (Å²) in [5, 5.41) is 16.0. The van der Waals surface area contributed by atoms with E-state index in [9.17, 15) is 19.3 Å². The third-order valence-electron chi connectivity index (χ3n) is 5.55. The molecule has 3 aromatic rings. The van der Waals surface area contributed by atoms with E-state index in [-0.39, 0.29) is 35.6 Å². The topological polar surface area (TPSA) is 103 Å². The second-order valence-electron chi connectivity index (χ2n) is 7.63. The standard InChI is InChI=1S/C21H18FN5O4/c22-15-3-1-13(2-4-15)17-5-6-20(27(29)30)18(23-17)7-21(28)25-8-14-9-26(16-11-31-12-16)24-19(14)10-25/h1-6,9,16H,7-8,10-12H2. The van der Waals surface area contributed by atoms with E-state index >= 15 is 0 Å². The number of rotatable bonds is 5. The highest BCUT2D eigenvalue weighted by atomic mass is 19.1. The molecule has 5 rings (SSSR count). The first-order chi connectivity index (χ1) is 15.0. The number of benzene rings is 1. The van der Waals surface area contributed by atoms with E-state index in [0.29, 0.717) is 37.6 Å². The van der Waals surface area contributed by atoms with Crippen LogP contribution in [0.15, 0.2) is 42.6 Å². The quantitative estimate of drug-likeness (QED) is 0.462. The SMILES string of the molecule is O=C(Cc1nc(-c2ccc(F)cc2)ccc1[N+](=O)[O-])N1Cc2cn(C3COC3)nc2C1. The Hall–Kier alpha value is -3.66. The monoisotopic (exact) mass is 423 g/mol. The predicted octanol–water partition coefficient (Wildman–Crippen LogP) is 2.65. The number of nitrogens with zero attached hydrogens (tertiary/aromatic N) is 5. The number of aromatic nitrogens is 3. The lowest BCUT2D eigenvalue weighted by molar-refractivity contribution is -0.385. The van der Waals surface area contributed by atoms with Gasteiger partial charge in [-0.3, -0.25) is 19.6 Å². The molecule has 0 unspecified atom stereocenters. The third kappa shape index (κ3) is 3.66. The Morgan fingerprint density at radius 3 is 2.61 bits per heavy atom. The zero-order valence-corrected chi connectivity index (χ0v) is 16.4. The van der Waals surface area contributed by atoms with Crippen molar-refractivity contribution in [1.82, 2.24) is 19.7 Å². The Kier molecular flexibility index (Phi) is 4.70. The number of hydrogen-bond acceptors (Lipinski definition) is 6. The molecule has 158 valence electrons. The summed E-state index contributed by atoms with van der Waals surface area (Å²) >= 11 is 0. The molecule has 0 radical (unpaired) electrons. The van der Waals surface area contributed by atoms with Gasteiger partial charge in [-0.15, -0.1) is 0 Å². The smallest absolute Gasteiger partial charge is 0.291 e. The van der Waals surface area contributed by atoms with Gasteiger partial charge in [0.2, 0.25) is 5.91 Å². The molecule has 2 aromatic heterocycles. The first kappa shape index (κ1) is 19.3. The zero-order chi connectivity index (χ0) is 21.5. The van der Waals surface area contributed by atoms with E-state index in [1.165, 1.54) is 24.3 Å². The maximum Gasteiger partial charge on any atom is 0.291 e. The molecule has 0 bridgehead atoms. The van der Waals surface area contributed by atoms with Crippen LogP contribution in [0.4, 0.5) is 10.1 Å². The molecule has 31 heavy (non-hydrogen) atoms. The second kappa shape index (κ2) is 7.55. The van der Waals surface area contributed by atoms with E-state index < -0.39 is 4.92 Å². The summed E-state index contributed by atoms with van der Waals surface area (Å²) in [6.45, 7) is 2.05. The molecule has 1 saturated heterocycles. The fourth-order valence-corrected chi connectivity index (χ4v) is 3.74. The van der Waals surface area contributed by atoms with Gasteiger partial charge in [-0.05, 0) is 30.3 Å². The van der Waals surface area contributed by atoms with Crippen LogP contribution in [0.3, 0.4) is 0 Å². The van der Waals surface area contributed by atoms with Crippen LogP contribution in [0, 0.1) is 15.9 Å². The van der Waals surface area contributed by atoms with Gasteiger partial charge in [0, 0.05) is 29.9 Å². The maximum absolute atomic E-state index is 13.2. The van der Waals surface area contributed by atoms with Crippen LogP contribution in [0.1, 0.15) is 23.0 Å². The van der Waals surface area contributed by atoms with Crippen molar-refractivity contribution in [3.63, 3.8) is 0 Å². The van der Waals surface area contributed by atoms with E-state index in [1.807, 2.05) is 10.9 Å². The number of carbonyl (C=O) groups excluding carboxylic acids is 1. The number of hydrogen-bond donors (Lipinski definition) is 0. The Balaban J connectivity index is 1.34. The van der Waals surface area contributed by atoms with Crippen molar-refractivity contribution in [2.45, 2.75) is 25.6 Å². The fourth-order valence-electron chi connectivity index (χ4n) is 3.74. The fraction of sp³-hybridized carbons (Fsp3) is 0.286. The van der Waals surface area contributed by atoms with Crippen LogP contribution in [-0.2, 0) is 29.0 Å². The Morgan fingerprint density at radius 2 is 1.97 bits per heavy atom. The molecule has 10 heteroatoms. The van der Waals surface area contributed by atoms with Gasteiger partial charge in [0.1, 0.15) is 11.5 Å². The average Bonchev–Trinajstić information content (AvgIpc) is 3.26. The van der Waals surface area contributed by atoms with Gasteiger partial charge in [-0.25, -0.2) is 9.37 Å². The van der Waals surface area contributed by atoms with E-state index in [2.05, 4.69) is 10.1 Å². The van der Waals surface area contributed by atoms with Gasteiger partial charge in [0.05, 0.1) is 48.5 Å². The predicted molar refractivity (Wildman–Crippen MR) is 106 cm³/mol. The van der Waals surface area contributed by atoms with Crippen molar-refractivity contribution in [2.24, 2.45) is 0 Å². The minimum absolute atomic E-state index is 0.0815. The molecule has 1 aromatic carbocycles. The average molecular weight is 423 g/mol. The number of nitro groups is 1. The van der Waals surface area contributed by atoms with Crippen LogP contribution in [0.2, 0.25) is 0 Å². The van der Waals surface area contributed by atoms with Crippen molar-refractivity contribution in [3.8, 4) is 11.3 Å². The molecule has 0 aliphatic carbocycles. The lowest BCUT2D eigenvalue weighted by Gasteiger charge is -2.26. The summed E-state index contributed by atoms with van der Waals surface area (Å²) in [7, 11) is 0. The number of amides is 1. The summed E-state index contributed by atoms with van der Waals surface area (Å²) < 4.78 is 20.3. The van der Waals surface area contributed by atoms with Crippen LogP contribution in [0.25, 0.3) is 11.3 Å². The van der Waals surface area contributed by atoms with Crippen molar-refractivity contribution in [3.05, 3.63) is 75.5 Å². The number of pyridine rings is 1. The number of fused-ring (bicyclic) bond motifs is 1. The number of ether oxygens (including phenoxy) is 1. The summed E-state index contributed by atoms with van der Waals surface area (Å²) in [5.74, 6) is -0.648. The maximum atomic E-state index is 13.2. The van der Waals surface area contributed by atoms with Gasteiger partial charge in [0.25, 0.3) is 5.69 Å². The van der Waals surface area contributed by atoms with E-state index in [4.69, 9.17) is 4.74 Å². The molecule has 1 amide bonds. The Labute approximate surface area is 176 Å². The number of carbonyl (C=O) groups is 1. The first-order valence-electron chi connectivity index (χ1n) is 9.80. The summed E-state index contributed by atoms with van der Waals surface area (Å²) in [6, 6.07) is 8.74. The molecule has 4 heterocycles. The van der Waals surface area contributed by atoms with Gasteiger partial charge in [0.15, 0.2) is 0 Å². The van der Waals surface area contributed by atoms with Crippen molar-refractivity contribution < 1.29 is 18.8 Å². The zero-order valence-electron chi connectivity index (χ0n) is 16.4. The molecule has 2 aliphatic rings. The molecular weight excluding hydrogens is 405 g/mol. The van der Waals surface area contributed by atoms with Crippen LogP contribution in [0.5, 0.6) is 0 Å². The van der Waals surface area contributed by atoms with Gasteiger partial charge < -0.3 is 9.64 Å². The molecule has 0 saturated carbocycles. The normalized spacial score (nSPS) is 15.6. The summed E-state index contributed by atoms with van der Waals surface area (Å²) in [6.07, 6.45) is 1.73. The molecule has 0 spiro atoms. The highest BCUT2D eigenvalue weighted by molar-refractivity contribution is 5.80. The van der Waals surface area contributed by atoms with Crippen LogP contribution < -0.4 is 0 Å². The highest BCUT2D eigenvalue weighted by Crippen LogP contribution is 2.28. The Morgan fingerprint density at radius 1 is 1.19 bits per heavy atom. The molecule has 2 aliphatic heterocycles. The molecular formula is C21H18FN5O4. The van der Waals surface area contributed by atoms with Crippen LogP contribution in [-0.4, -0.2) is 43.7 Å². The lowest BCUT2D eigenvalue weighted by atomic mass is 10.1. The van der Waals surface area contributed by atoms with Gasteiger partial charge >= 0.3 is 0 Å². The van der Waals surface area contributed by atoms with E-state index in [0.717, 1.165) is 11.3 Å². The van der Waals surface area contributed by atoms with Crippen molar-refractivity contribution >= 4 is 11.6 Å². The van der Waals surface area contributed by atoms with E-state index in [1.54, 1.807) is 17.0 Å². The molecule has 0 atom stereocenters. The Bertz CT molecular complexity index is 1150. The van der Waals surface area contributed by atoms with Crippen molar-refractivity contribution in [1.29, 1.82) is 0 Å². The molecule has 9 nitrogen and oxygen atoms in total. The highest BCUT2D eigenvalue weighted by Gasteiger charge is 2.31. The second-order valence-corrected chi connectivity index (χ2v) is 7.63. The van der Waals surface area contributed by atoms with Gasteiger partial charge in [-0.1, -0.05) is 0 Å². The molecule has 0 N–H and O–H groups in total. The number of halogens is 1. The minimum atomic E-state index is -0.548. The largest absolute Gasteiger partial charge is 0.377 e.